The van der Waals surface area contributed by atoms with Gasteiger partial charge >= 0.3 is 0 Å². The van der Waals surface area contributed by atoms with E-state index in [1.807, 2.05) is 49.4 Å². The zero-order valence-electron chi connectivity index (χ0n) is 12.7. The molecule has 0 N–H and O–H groups in total. The Kier molecular flexibility index (Phi) is 3.35. The Morgan fingerprint density at radius 2 is 1.96 bits per heavy atom. The van der Waals surface area contributed by atoms with Crippen LogP contribution in [0.25, 0.3) is 16.6 Å². The van der Waals surface area contributed by atoms with Gasteiger partial charge in [-0.2, -0.15) is 0 Å². The van der Waals surface area contributed by atoms with Gasteiger partial charge in [0.2, 0.25) is 0 Å². The topological polar surface area (TPSA) is 56.7 Å². The highest BCUT2D eigenvalue weighted by Gasteiger charge is 2.23. The molecule has 0 radical (unpaired) electrons. The molecule has 1 aliphatic heterocycles. The fourth-order valence-corrected chi connectivity index (χ4v) is 2.59. The maximum atomic E-state index is 12.7. The molecular formula is C18H16N2O3. The summed E-state index contributed by atoms with van der Waals surface area (Å²) in [5.74, 6) is 1.43. The lowest BCUT2D eigenvalue weighted by Gasteiger charge is -2.11. The minimum absolute atomic E-state index is 0.0619. The van der Waals surface area contributed by atoms with E-state index in [0.29, 0.717) is 17.8 Å². The Morgan fingerprint density at radius 1 is 1.22 bits per heavy atom. The highest BCUT2D eigenvalue weighted by Crippen LogP contribution is 2.18. The molecule has 1 aromatic heterocycles. The molecule has 0 spiro atoms. The molecule has 0 aliphatic carbocycles. The molecule has 4 rings (SSSR count). The number of hydrogen-bond donors (Lipinski definition) is 0. The number of rotatable bonds is 4. The fourth-order valence-electron chi connectivity index (χ4n) is 2.59. The summed E-state index contributed by atoms with van der Waals surface area (Å²) >= 11 is 0. The van der Waals surface area contributed by atoms with Crippen molar-refractivity contribution < 1.29 is 9.47 Å². The van der Waals surface area contributed by atoms with E-state index in [2.05, 4.69) is 4.98 Å². The van der Waals surface area contributed by atoms with Crippen LogP contribution in [0.3, 0.4) is 0 Å². The number of nitrogens with zero attached hydrogens (tertiary/aromatic N) is 2. The number of aryl methyl sites for hydroxylation is 1. The zero-order chi connectivity index (χ0) is 15.8. The third kappa shape index (κ3) is 2.71. The summed E-state index contributed by atoms with van der Waals surface area (Å²) in [4.78, 5) is 17.3. The first-order valence-corrected chi connectivity index (χ1v) is 7.55. The molecule has 2 heterocycles. The Labute approximate surface area is 133 Å². The van der Waals surface area contributed by atoms with Gasteiger partial charge in [-0.15, -0.1) is 0 Å². The van der Waals surface area contributed by atoms with Gasteiger partial charge in [0.25, 0.3) is 5.56 Å². The van der Waals surface area contributed by atoms with Crippen molar-refractivity contribution in [2.45, 2.75) is 13.0 Å². The van der Waals surface area contributed by atoms with Crippen LogP contribution in [-0.2, 0) is 4.74 Å². The minimum Gasteiger partial charge on any atom is -0.491 e. The molecule has 0 bridgehead atoms. The van der Waals surface area contributed by atoms with Crippen molar-refractivity contribution in [2.24, 2.45) is 0 Å². The van der Waals surface area contributed by atoms with Gasteiger partial charge in [0, 0.05) is 0 Å². The van der Waals surface area contributed by atoms with Gasteiger partial charge in [0.05, 0.1) is 23.2 Å². The molecule has 0 amide bonds. The third-order valence-electron chi connectivity index (χ3n) is 3.88. The Hall–Kier alpha value is -2.66. The third-order valence-corrected chi connectivity index (χ3v) is 3.88. The summed E-state index contributed by atoms with van der Waals surface area (Å²) in [7, 11) is 0. The van der Waals surface area contributed by atoms with E-state index < -0.39 is 0 Å². The van der Waals surface area contributed by atoms with Crippen LogP contribution in [0.15, 0.2) is 53.3 Å². The lowest BCUT2D eigenvalue weighted by Crippen LogP contribution is -2.22. The standard InChI is InChI=1S/C18H16N2O3/c1-12-19-17-5-3-2-4-16(17)18(21)20(12)13-6-8-14(9-7-13)22-10-15-11-23-15/h2-9,15H,10-11H2,1H3. The van der Waals surface area contributed by atoms with Crippen LogP contribution in [0, 0.1) is 6.92 Å². The molecule has 2 aromatic carbocycles. The second-order valence-electron chi connectivity index (χ2n) is 5.58. The molecule has 3 aromatic rings. The predicted octanol–water partition coefficient (Wildman–Crippen LogP) is 2.47. The minimum atomic E-state index is -0.0619. The van der Waals surface area contributed by atoms with E-state index in [4.69, 9.17) is 9.47 Å². The molecule has 1 saturated heterocycles. The van der Waals surface area contributed by atoms with Crippen LogP contribution in [0.2, 0.25) is 0 Å². The maximum absolute atomic E-state index is 12.7. The van der Waals surface area contributed by atoms with Crippen LogP contribution in [0.5, 0.6) is 5.75 Å². The number of ether oxygens (including phenoxy) is 2. The summed E-state index contributed by atoms with van der Waals surface area (Å²) in [5.41, 5.74) is 1.43. The normalized spacial score (nSPS) is 16.5. The lowest BCUT2D eigenvalue weighted by atomic mass is 10.2. The number of para-hydroxylation sites is 1. The van der Waals surface area contributed by atoms with Gasteiger partial charge in [0.15, 0.2) is 0 Å². The summed E-state index contributed by atoms with van der Waals surface area (Å²) < 4.78 is 12.4. The van der Waals surface area contributed by atoms with Crippen LogP contribution in [0.1, 0.15) is 5.82 Å². The Bertz CT molecular complexity index is 912. The lowest BCUT2D eigenvalue weighted by molar-refractivity contribution is 0.263. The highest BCUT2D eigenvalue weighted by molar-refractivity contribution is 5.77. The SMILES string of the molecule is Cc1nc2ccccc2c(=O)n1-c1ccc(OCC2CO2)cc1. The quantitative estimate of drug-likeness (QED) is 0.695. The maximum Gasteiger partial charge on any atom is 0.265 e. The number of aromatic nitrogens is 2. The van der Waals surface area contributed by atoms with E-state index in [9.17, 15) is 4.79 Å². The van der Waals surface area contributed by atoms with Crippen LogP contribution < -0.4 is 10.3 Å². The molecule has 1 atom stereocenters. The van der Waals surface area contributed by atoms with Crippen LogP contribution >= 0.6 is 0 Å². The summed E-state index contributed by atoms with van der Waals surface area (Å²) in [6.45, 7) is 3.17. The smallest absolute Gasteiger partial charge is 0.265 e. The molecule has 5 heteroatoms. The molecule has 5 nitrogen and oxygen atoms in total. The number of epoxide rings is 1. The average molecular weight is 308 g/mol. The van der Waals surface area contributed by atoms with Gasteiger partial charge in [-0.25, -0.2) is 4.98 Å². The van der Waals surface area contributed by atoms with Crippen molar-refractivity contribution in [3.8, 4) is 11.4 Å². The molecule has 0 saturated carbocycles. The second kappa shape index (κ2) is 5.52. The van der Waals surface area contributed by atoms with Crippen molar-refractivity contribution in [1.29, 1.82) is 0 Å². The molecule has 1 unspecified atom stereocenters. The molecule has 23 heavy (non-hydrogen) atoms. The van der Waals surface area contributed by atoms with E-state index in [-0.39, 0.29) is 11.7 Å². The first-order chi connectivity index (χ1) is 11.2. The number of benzene rings is 2. The van der Waals surface area contributed by atoms with Crippen molar-refractivity contribution in [3.63, 3.8) is 0 Å². The highest BCUT2D eigenvalue weighted by atomic mass is 16.6. The van der Waals surface area contributed by atoms with Crippen LogP contribution in [0.4, 0.5) is 0 Å². The summed E-state index contributed by atoms with van der Waals surface area (Å²) in [6.07, 6.45) is 0.226. The average Bonchev–Trinajstić information content (AvgIpc) is 3.38. The van der Waals surface area contributed by atoms with Gasteiger partial charge in [-0.3, -0.25) is 9.36 Å². The van der Waals surface area contributed by atoms with Crippen molar-refractivity contribution in [2.75, 3.05) is 13.2 Å². The van der Waals surface area contributed by atoms with E-state index >= 15 is 0 Å². The second-order valence-corrected chi connectivity index (χ2v) is 5.58. The van der Waals surface area contributed by atoms with Crippen LogP contribution in [-0.4, -0.2) is 28.9 Å². The predicted molar refractivity (Wildman–Crippen MR) is 87.3 cm³/mol. The molecule has 116 valence electrons. The summed E-state index contributed by atoms with van der Waals surface area (Å²) in [5, 5.41) is 0.615. The van der Waals surface area contributed by atoms with Crippen molar-refractivity contribution >= 4 is 10.9 Å². The van der Waals surface area contributed by atoms with E-state index in [0.717, 1.165) is 23.6 Å². The fraction of sp³-hybridized carbons (Fsp3) is 0.222. The molecule has 1 aliphatic rings. The molecule has 1 fully saturated rings. The number of hydrogen-bond acceptors (Lipinski definition) is 4. The first-order valence-electron chi connectivity index (χ1n) is 7.55. The zero-order valence-corrected chi connectivity index (χ0v) is 12.7. The first kappa shape index (κ1) is 14.0. The van der Waals surface area contributed by atoms with Gasteiger partial charge < -0.3 is 9.47 Å². The Morgan fingerprint density at radius 3 is 2.70 bits per heavy atom. The van der Waals surface area contributed by atoms with Crippen molar-refractivity contribution in [1.82, 2.24) is 9.55 Å². The van der Waals surface area contributed by atoms with Crippen molar-refractivity contribution in [3.05, 3.63) is 64.7 Å². The van der Waals surface area contributed by atoms with Gasteiger partial charge in [-0.05, 0) is 43.3 Å². The largest absolute Gasteiger partial charge is 0.491 e. The van der Waals surface area contributed by atoms with E-state index in [1.165, 1.54) is 0 Å². The molecular weight excluding hydrogens is 292 g/mol. The van der Waals surface area contributed by atoms with E-state index in [1.54, 1.807) is 10.6 Å². The number of fused-ring (bicyclic) bond motifs is 1. The van der Waals surface area contributed by atoms with Gasteiger partial charge in [0.1, 0.15) is 24.3 Å². The summed E-state index contributed by atoms with van der Waals surface area (Å²) in [6, 6.07) is 14.8. The monoisotopic (exact) mass is 308 g/mol. The Balaban J connectivity index is 1.71. The van der Waals surface area contributed by atoms with Gasteiger partial charge in [-0.1, -0.05) is 12.1 Å².